The second-order valence-corrected chi connectivity index (χ2v) is 6.04. The van der Waals surface area contributed by atoms with Crippen molar-refractivity contribution in [2.75, 3.05) is 31.8 Å². The Hall–Kier alpha value is -1.20. The van der Waals surface area contributed by atoms with E-state index >= 15 is 0 Å². The minimum Gasteiger partial charge on any atom is -0.497 e. The molecule has 0 saturated heterocycles. The Bertz CT molecular complexity index is 430. The fourth-order valence-electron chi connectivity index (χ4n) is 1.88. The highest BCUT2D eigenvalue weighted by molar-refractivity contribution is 8.00. The summed E-state index contributed by atoms with van der Waals surface area (Å²) in [5.74, 6) is 0.772. The van der Waals surface area contributed by atoms with Crippen molar-refractivity contribution in [2.24, 2.45) is 0 Å². The van der Waals surface area contributed by atoms with E-state index in [1.54, 1.807) is 7.11 Å². The molecule has 0 spiro atoms. The van der Waals surface area contributed by atoms with E-state index in [9.17, 15) is 4.79 Å². The largest absolute Gasteiger partial charge is 0.497 e. The average molecular weight is 280 g/mol. The summed E-state index contributed by atoms with van der Waals surface area (Å²) in [6.07, 6.45) is 4.63. The first kappa shape index (κ1) is 14.2. The topological polar surface area (TPSA) is 50.4 Å². The maximum Gasteiger partial charge on any atom is 0.238 e. The van der Waals surface area contributed by atoms with E-state index in [0.29, 0.717) is 11.3 Å². The summed E-state index contributed by atoms with van der Waals surface area (Å²) >= 11 is 1.89. The van der Waals surface area contributed by atoms with Gasteiger partial charge in [-0.3, -0.25) is 4.79 Å². The molecule has 19 heavy (non-hydrogen) atoms. The molecular weight excluding hydrogens is 260 g/mol. The van der Waals surface area contributed by atoms with Crippen LogP contribution in [0.3, 0.4) is 0 Å². The van der Waals surface area contributed by atoms with E-state index in [1.165, 1.54) is 12.8 Å². The van der Waals surface area contributed by atoms with Gasteiger partial charge >= 0.3 is 0 Å². The smallest absolute Gasteiger partial charge is 0.238 e. The zero-order chi connectivity index (χ0) is 13.7. The van der Waals surface area contributed by atoms with Crippen molar-refractivity contribution in [1.29, 1.82) is 0 Å². The molecule has 104 valence electrons. The van der Waals surface area contributed by atoms with Crippen LogP contribution in [0, 0.1) is 0 Å². The van der Waals surface area contributed by atoms with Gasteiger partial charge in [0.2, 0.25) is 5.91 Å². The van der Waals surface area contributed by atoms with Crippen molar-refractivity contribution in [2.45, 2.75) is 17.6 Å². The molecule has 2 rings (SSSR count). The number of ether oxygens (including phenoxy) is 1. The van der Waals surface area contributed by atoms with E-state index < -0.39 is 0 Å². The summed E-state index contributed by atoms with van der Waals surface area (Å²) in [6.45, 7) is 1.26. The SMILES string of the molecule is COc1ccc(NC(=O)CNCC2(SC)CC2)cc1. The Morgan fingerprint density at radius 2 is 2.05 bits per heavy atom. The number of benzene rings is 1. The van der Waals surface area contributed by atoms with E-state index in [4.69, 9.17) is 4.74 Å². The fourth-order valence-corrected chi connectivity index (χ4v) is 2.63. The van der Waals surface area contributed by atoms with Crippen LogP contribution < -0.4 is 15.4 Å². The number of anilines is 1. The van der Waals surface area contributed by atoms with Crippen molar-refractivity contribution >= 4 is 23.4 Å². The van der Waals surface area contributed by atoms with E-state index in [-0.39, 0.29) is 5.91 Å². The zero-order valence-electron chi connectivity index (χ0n) is 11.4. The summed E-state index contributed by atoms with van der Waals surface area (Å²) in [4.78, 5) is 11.7. The average Bonchev–Trinajstić information content (AvgIpc) is 3.20. The summed E-state index contributed by atoms with van der Waals surface area (Å²) < 4.78 is 5.46. The van der Waals surface area contributed by atoms with E-state index in [2.05, 4.69) is 16.9 Å². The molecule has 5 heteroatoms. The third-order valence-electron chi connectivity index (χ3n) is 3.35. The Morgan fingerprint density at radius 1 is 1.37 bits per heavy atom. The summed E-state index contributed by atoms with van der Waals surface area (Å²) in [5, 5.41) is 6.08. The number of carbonyl (C=O) groups is 1. The molecule has 0 bridgehead atoms. The van der Waals surface area contributed by atoms with Gasteiger partial charge in [0.1, 0.15) is 5.75 Å². The highest BCUT2D eigenvalue weighted by Gasteiger charge is 2.41. The van der Waals surface area contributed by atoms with Gasteiger partial charge in [0.15, 0.2) is 0 Å². The first-order chi connectivity index (χ1) is 9.17. The summed E-state index contributed by atoms with van der Waals surface area (Å²) in [7, 11) is 1.62. The fraction of sp³-hybridized carbons (Fsp3) is 0.500. The monoisotopic (exact) mass is 280 g/mol. The van der Waals surface area contributed by atoms with Gasteiger partial charge in [-0.25, -0.2) is 0 Å². The second kappa shape index (κ2) is 6.30. The number of methoxy groups -OCH3 is 1. The first-order valence-corrected chi connectivity index (χ1v) is 7.60. The lowest BCUT2D eigenvalue weighted by Gasteiger charge is -2.13. The van der Waals surface area contributed by atoms with Crippen molar-refractivity contribution in [1.82, 2.24) is 5.32 Å². The second-order valence-electron chi connectivity index (χ2n) is 4.77. The molecule has 0 radical (unpaired) electrons. The quantitative estimate of drug-likeness (QED) is 0.803. The molecule has 1 saturated carbocycles. The van der Waals surface area contributed by atoms with Gasteiger partial charge in [-0.15, -0.1) is 0 Å². The third kappa shape index (κ3) is 4.14. The predicted octanol–water partition coefficient (Wildman–Crippen LogP) is 2.12. The molecule has 0 unspecified atom stereocenters. The van der Waals surface area contributed by atoms with Crippen molar-refractivity contribution < 1.29 is 9.53 Å². The maximum atomic E-state index is 11.7. The molecule has 1 amide bonds. The highest BCUT2D eigenvalue weighted by Crippen LogP contribution is 2.46. The Kier molecular flexibility index (Phi) is 4.71. The van der Waals surface area contributed by atoms with Gasteiger partial charge in [0.05, 0.1) is 13.7 Å². The van der Waals surface area contributed by atoms with Gasteiger partial charge in [-0.1, -0.05) is 0 Å². The lowest BCUT2D eigenvalue weighted by molar-refractivity contribution is -0.115. The van der Waals surface area contributed by atoms with Crippen LogP contribution in [0.25, 0.3) is 0 Å². The zero-order valence-corrected chi connectivity index (χ0v) is 12.2. The van der Waals surface area contributed by atoms with Crippen molar-refractivity contribution in [3.63, 3.8) is 0 Å². The van der Waals surface area contributed by atoms with Crippen molar-refractivity contribution in [3.05, 3.63) is 24.3 Å². The molecule has 0 heterocycles. The number of nitrogens with one attached hydrogen (secondary N) is 2. The first-order valence-electron chi connectivity index (χ1n) is 6.37. The molecule has 1 aliphatic rings. The van der Waals surface area contributed by atoms with Gasteiger partial charge in [-0.2, -0.15) is 11.8 Å². The Balaban J connectivity index is 1.71. The van der Waals surface area contributed by atoms with Crippen LogP contribution >= 0.6 is 11.8 Å². The number of hydrogen-bond acceptors (Lipinski definition) is 4. The van der Waals surface area contributed by atoms with Gasteiger partial charge in [0.25, 0.3) is 0 Å². The standard InChI is InChI=1S/C14H20N2O2S/c1-18-12-5-3-11(4-6-12)16-13(17)9-15-10-14(19-2)7-8-14/h3-6,15H,7-10H2,1-2H3,(H,16,17). The molecule has 0 aliphatic heterocycles. The maximum absolute atomic E-state index is 11.7. The highest BCUT2D eigenvalue weighted by atomic mass is 32.2. The van der Waals surface area contributed by atoms with E-state index in [1.807, 2.05) is 36.0 Å². The van der Waals surface area contributed by atoms with Gasteiger partial charge in [0, 0.05) is 17.0 Å². The van der Waals surface area contributed by atoms with Crippen LogP contribution in [-0.4, -0.2) is 37.1 Å². The molecule has 1 aromatic carbocycles. The lowest BCUT2D eigenvalue weighted by Crippen LogP contribution is -2.33. The Labute approximate surface area is 118 Å². The lowest BCUT2D eigenvalue weighted by atomic mass is 10.3. The van der Waals surface area contributed by atoms with Crippen LogP contribution in [0.2, 0.25) is 0 Å². The number of hydrogen-bond donors (Lipinski definition) is 2. The molecule has 4 nitrogen and oxygen atoms in total. The molecule has 0 atom stereocenters. The third-order valence-corrected chi connectivity index (χ3v) is 4.77. The summed E-state index contributed by atoms with van der Waals surface area (Å²) in [5.41, 5.74) is 0.790. The molecule has 1 aliphatic carbocycles. The Morgan fingerprint density at radius 3 is 2.58 bits per heavy atom. The normalized spacial score (nSPS) is 15.9. The van der Waals surface area contributed by atoms with Crippen LogP contribution in [0.4, 0.5) is 5.69 Å². The number of thioether (sulfide) groups is 1. The number of rotatable bonds is 7. The molecule has 0 aromatic heterocycles. The van der Waals surface area contributed by atoms with Crippen molar-refractivity contribution in [3.8, 4) is 5.75 Å². The van der Waals surface area contributed by atoms with Crippen LogP contribution in [-0.2, 0) is 4.79 Å². The van der Waals surface area contributed by atoms with E-state index in [0.717, 1.165) is 18.0 Å². The molecular formula is C14H20N2O2S. The number of carbonyl (C=O) groups excluding carboxylic acids is 1. The van der Waals surface area contributed by atoms with Crippen LogP contribution in [0.5, 0.6) is 5.75 Å². The molecule has 2 N–H and O–H groups in total. The summed E-state index contributed by atoms with van der Waals surface area (Å²) in [6, 6.07) is 7.33. The molecule has 1 aromatic rings. The minimum absolute atomic E-state index is 0.0120. The van der Waals surface area contributed by atoms with Crippen LogP contribution in [0.15, 0.2) is 24.3 Å². The predicted molar refractivity (Wildman–Crippen MR) is 80.0 cm³/mol. The number of amides is 1. The van der Waals surface area contributed by atoms with Crippen LogP contribution in [0.1, 0.15) is 12.8 Å². The minimum atomic E-state index is -0.0120. The van der Waals surface area contributed by atoms with Gasteiger partial charge < -0.3 is 15.4 Å². The molecule has 1 fully saturated rings. The van der Waals surface area contributed by atoms with Gasteiger partial charge in [-0.05, 0) is 43.4 Å².